The zero-order chi connectivity index (χ0) is 17.3. The molecule has 1 aliphatic heterocycles. The number of aromatic nitrogens is 4. The molecule has 1 fully saturated rings. The van der Waals surface area contributed by atoms with Crippen LogP contribution in [0.2, 0.25) is 0 Å². The van der Waals surface area contributed by atoms with E-state index in [0.717, 1.165) is 55.3 Å². The first kappa shape index (κ1) is 16.7. The van der Waals surface area contributed by atoms with Crippen molar-refractivity contribution in [2.24, 2.45) is 7.05 Å². The zero-order valence-electron chi connectivity index (χ0n) is 15.1. The van der Waals surface area contributed by atoms with Crippen molar-refractivity contribution in [2.75, 3.05) is 6.54 Å². The molecule has 1 saturated heterocycles. The van der Waals surface area contributed by atoms with Crippen LogP contribution in [-0.2, 0) is 18.4 Å². The fourth-order valence-corrected chi connectivity index (χ4v) is 3.70. The lowest BCUT2D eigenvalue weighted by atomic mass is 10.2. The lowest BCUT2D eigenvalue weighted by Crippen LogP contribution is -2.31. The molecule has 3 heterocycles. The van der Waals surface area contributed by atoms with Crippen molar-refractivity contribution in [3.63, 3.8) is 0 Å². The van der Waals surface area contributed by atoms with Crippen molar-refractivity contribution in [1.82, 2.24) is 24.2 Å². The van der Waals surface area contributed by atoms with Crippen LogP contribution in [-0.4, -0.2) is 36.7 Å². The van der Waals surface area contributed by atoms with Gasteiger partial charge in [-0.15, -0.1) is 0 Å². The van der Waals surface area contributed by atoms with Crippen LogP contribution >= 0.6 is 0 Å². The number of hydrogen-bond acceptors (Lipinski definition) is 3. The standard InChI is InChI=1S/C18H27N5O/c1-13-11-15(3)23(20-13)10-6-8-17(24)22-9-5-7-16(22)18-19-14(2)12-21(18)4/h11-12,16H,5-10H2,1-4H3/t16-/m1/s1. The molecular formula is C18H27N5O. The van der Waals surface area contributed by atoms with E-state index >= 15 is 0 Å². The molecule has 2 aromatic rings. The minimum Gasteiger partial charge on any atom is -0.336 e. The van der Waals surface area contributed by atoms with Gasteiger partial charge in [-0.2, -0.15) is 5.10 Å². The van der Waals surface area contributed by atoms with Gasteiger partial charge in [0.1, 0.15) is 5.82 Å². The number of rotatable bonds is 5. The van der Waals surface area contributed by atoms with Crippen molar-refractivity contribution >= 4 is 5.91 Å². The smallest absolute Gasteiger partial charge is 0.223 e. The summed E-state index contributed by atoms with van der Waals surface area (Å²) in [5, 5.41) is 4.46. The quantitative estimate of drug-likeness (QED) is 0.847. The Labute approximate surface area is 143 Å². The van der Waals surface area contributed by atoms with Crippen LogP contribution in [0.1, 0.15) is 54.6 Å². The van der Waals surface area contributed by atoms with Crippen LogP contribution in [0.15, 0.2) is 12.3 Å². The van der Waals surface area contributed by atoms with Gasteiger partial charge in [0.2, 0.25) is 5.91 Å². The fraction of sp³-hybridized carbons (Fsp3) is 0.611. The van der Waals surface area contributed by atoms with Crippen molar-refractivity contribution in [3.05, 3.63) is 35.2 Å². The van der Waals surface area contributed by atoms with Crippen LogP contribution in [0.3, 0.4) is 0 Å². The first-order chi connectivity index (χ1) is 11.5. The van der Waals surface area contributed by atoms with Gasteiger partial charge in [0.15, 0.2) is 0 Å². The Bertz CT molecular complexity index is 730. The van der Waals surface area contributed by atoms with E-state index in [1.807, 2.05) is 36.7 Å². The molecule has 0 saturated carbocycles. The summed E-state index contributed by atoms with van der Waals surface area (Å²) in [4.78, 5) is 19.3. The summed E-state index contributed by atoms with van der Waals surface area (Å²) in [6, 6.07) is 2.20. The molecular weight excluding hydrogens is 302 g/mol. The second kappa shape index (κ2) is 6.79. The third kappa shape index (κ3) is 3.37. The van der Waals surface area contributed by atoms with Crippen LogP contribution in [0.5, 0.6) is 0 Å². The fourth-order valence-electron chi connectivity index (χ4n) is 3.70. The summed E-state index contributed by atoms with van der Waals surface area (Å²) in [7, 11) is 2.01. The number of amides is 1. The molecule has 130 valence electrons. The molecule has 0 unspecified atom stereocenters. The van der Waals surface area contributed by atoms with E-state index in [0.29, 0.717) is 6.42 Å². The summed E-state index contributed by atoms with van der Waals surface area (Å²) in [5.41, 5.74) is 3.20. The van der Waals surface area contributed by atoms with E-state index < -0.39 is 0 Å². The summed E-state index contributed by atoms with van der Waals surface area (Å²) >= 11 is 0. The molecule has 2 aromatic heterocycles. The van der Waals surface area contributed by atoms with Crippen LogP contribution in [0.25, 0.3) is 0 Å². The van der Waals surface area contributed by atoms with Gasteiger partial charge >= 0.3 is 0 Å². The van der Waals surface area contributed by atoms with Crippen LogP contribution in [0, 0.1) is 20.8 Å². The highest BCUT2D eigenvalue weighted by atomic mass is 16.2. The third-order valence-electron chi connectivity index (χ3n) is 4.77. The molecule has 1 atom stereocenters. The number of likely N-dealkylation sites (tertiary alicyclic amines) is 1. The minimum absolute atomic E-state index is 0.130. The number of nitrogens with zero attached hydrogens (tertiary/aromatic N) is 5. The van der Waals surface area contributed by atoms with Gasteiger partial charge in [0.25, 0.3) is 0 Å². The maximum Gasteiger partial charge on any atom is 0.223 e. The average Bonchev–Trinajstić information content (AvgIpc) is 3.18. The van der Waals surface area contributed by atoms with Gasteiger partial charge in [-0.3, -0.25) is 9.48 Å². The number of imidazole rings is 1. The first-order valence-corrected chi connectivity index (χ1v) is 8.76. The summed E-state index contributed by atoms with van der Waals surface area (Å²) in [6.07, 6.45) is 5.48. The molecule has 1 aliphatic rings. The van der Waals surface area contributed by atoms with Gasteiger partial charge in [0, 0.05) is 38.4 Å². The topological polar surface area (TPSA) is 56.0 Å². The van der Waals surface area contributed by atoms with Crippen molar-refractivity contribution < 1.29 is 4.79 Å². The molecule has 0 aromatic carbocycles. The molecule has 0 spiro atoms. The Morgan fingerprint density at radius 3 is 2.71 bits per heavy atom. The number of carbonyl (C=O) groups excluding carboxylic acids is 1. The van der Waals surface area contributed by atoms with Crippen molar-refractivity contribution in [1.29, 1.82) is 0 Å². The second-order valence-corrected chi connectivity index (χ2v) is 6.85. The maximum atomic E-state index is 12.7. The van der Waals surface area contributed by atoms with Gasteiger partial charge in [0.05, 0.1) is 17.4 Å². The lowest BCUT2D eigenvalue weighted by Gasteiger charge is -2.24. The number of carbonyl (C=O) groups is 1. The number of hydrogen-bond donors (Lipinski definition) is 0. The maximum absolute atomic E-state index is 12.7. The van der Waals surface area contributed by atoms with Crippen LogP contribution < -0.4 is 0 Å². The van der Waals surface area contributed by atoms with Crippen molar-refractivity contribution in [3.8, 4) is 0 Å². The third-order valence-corrected chi connectivity index (χ3v) is 4.77. The monoisotopic (exact) mass is 329 g/mol. The zero-order valence-corrected chi connectivity index (χ0v) is 15.1. The Morgan fingerprint density at radius 1 is 1.29 bits per heavy atom. The van der Waals surface area contributed by atoms with Gasteiger partial charge < -0.3 is 9.47 Å². The number of aryl methyl sites for hydroxylation is 5. The lowest BCUT2D eigenvalue weighted by molar-refractivity contribution is -0.132. The summed E-state index contributed by atoms with van der Waals surface area (Å²) < 4.78 is 4.05. The van der Waals surface area contributed by atoms with E-state index in [1.165, 1.54) is 0 Å². The predicted octanol–water partition coefficient (Wildman–Crippen LogP) is 2.69. The van der Waals surface area contributed by atoms with Gasteiger partial charge in [-0.1, -0.05) is 0 Å². The predicted molar refractivity (Wildman–Crippen MR) is 92.6 cm³/mol. The molecule has 0 N–H and O–H groups in total. The van der Waals surface area contributed by atoms with Gasteiger partial charge in [-0.25, -0.2) is 4.98 Å². The van der Waals surface area contributed by atoms with E-state index in [2.05, 4.69) is 27.6 Å². The molecule has 3 rings (SSSR count). The van der Waals surface area contributed by atoms with E-state index in [-0.39, 0.29) is 11.9 Å². The van der Waals surface area contributed by atoms with Gasteiger partial charge in [-0.05, 0) is 46.1 Å². The highest BCUT2D eigenvalue weighted by Crippen LogP contribution is 2.31. The molecule has 0 bridgehead atoms. The highest BCUT2D eigenvalue weighted by Gasteiger charge is 2.32. The Kier molecular flexibility index (Phi) is 4.73. The Morgan fingerprint density at radius 2 is 2.08 bits per heavy atom. The first-order valence-electron chi connectivity index (χ1n) is 8.76. The van der Waals surface area contributed by atoms with E-state index in [4.69, 9.17) is 0 Å². The summed E-state index contributed by atoms with van der Waals surface area (Å²) in [6.45, 7) is 7.69. The normalized spacial score (nSPS) is 17.7. The Hall–Kier alpha value is -2.11. The molecule has 0 aliphatic carbocycles. The van der Waals surface area contributed by atoms with Crippen LogP contribution in [0.4, 0.5) is 0 Å². The molecule has 6 nitrogen and oxygen atoms in total. The molecule has 6 heteroatoms. The summed E-state index contributed by atoms with van der Waals surface area (Å²) in [5.74, 6) is 1.25. The van der Waals surface area contributed by atoms with E-state index in [9.17, 15) is 4.79 Å². The van der Waals surface area contributed by atoms with Crippen molar-refractivity contribution in [2.45, 2.75) is 59.0 Å². The van der Waals surface area contributed by atoms with E-state index in [1.54, 1.807) is 0 Å². The minimum atomic E-state index is 0.130. The Balaban J connectivity index is 1.59. The molecule has 0 radical (unpaired) electrons. The SMILES string of the molecule is Cc1cn(C)c([C@H]2CCCN2C(=O)CCCn2nc(C)cc2C)n1. The largest absolute Gasteiger partial charge is 0.336 e. The molecule has 24 heavy (non-hydrogen) atoms. The second-order valence-electron chi connectivity index (χ2n) is 6.85. The molecule has 1 amide bonds. The average molecular weight is 329 g/mol. The highest BCUT2D eigenvalue weighted by molar-refractivity contribution is 5.76.